The number of carboxylic acids is 1. The van der Waals surface area contributed by atoms with Gasteiger partial charge in [-0.3, -0.25) is 9.48 Å². The van der Waals surface area contributed by atoms with Gasteiger partial charge in [-0.1, -0.05) is 13.8 Å². The molecule has 0 aliphatic carbocycles. The molecule has 2 unspecified atom stereocenters. The molecule has 2 N–H and O–H groups in total. The van der Waals surface area contributed by atoms with Crippen molar-refractivity contribution in [3.8, 4) is 0 Å². The summed E-state index contributed by atoms with van der Waals surface area (Å²) in [5, 5.41) is 16.9. The number of nitrogens with zero attached hydrogens (tertiary/aromatic N) is 2. The Morgan fingerprint density at radius 2 is 2.25 bits per heavy atom. The van der Waals surface area contributed by atoms with Crippen molar-refractivity contribution in [1.82, 2.24) is 15.1 Å². The first-order chi connectivity index (χ1) is 9.63. The Kier molecular flexibility index (Phi) is 5.17. The van der Waals surface area contributed by atoms with Crippen molar-refractivity contribution in [2.24, 2.45) is 0 Å². The monoisotopic (exact) mass is 279 g/mol. The van der Waals surface area contributed by atoms with Gasteiger partial charge in [-0.25, -0.2) is 0 Å². The number of carboxylic acid groups (broad SMARTS) is 1. The van der Waals surface area contributed by atoms with E-state index < -0.39 is 12.0 Å². The van der Waals surface area contributed by atoms with Crippen molar-refractivity contribution in [2.45, 2.75) is 70.5 Å². The summed E-state index contributed by atoms with van der Waals surface area (Å²) < 4.78 is 2.05. The first-order valence-electron chi connectivity index (χ1n) is 7.66. The Morgan fingerprint density at radius 3 is 2.90 bits per heavy atom. The van der Waals surface area contributed by atoms with E-state index in [0.29, 0.717) is 6.04 Å². The van der Waals surface area contributed by atoms with E-state index in [9.17, 15) is 4.79 Å². The zero-order chi connectivity index (χ0) is 14.5. The molecule has 1 aromatic rings. The van der Waals surface area contributed by atoms with Crippen LogP contribution in [-0.4, -0.2) is 32.9 Å². The molecule has 20 heavy (non-hydrogen) atoms. The standard InChI is InChI=1S/C15H25N3O2/c1-3-13(4-2)18-9-8-12(17-18)10-11-6-5-7-14(16-11)15(19)20/h8-9,11,13-14,16H,3-7,10H2,1-2H3,(H,19,20). The molecule has 0 spiro atoms. The first-order valence-corrected chi connectivity index (χ1v) is 7.66. The lowest BCUT2D eigenvalue weighted by molar-refractivity contribution is -0.140. The van der Waals surface area contributed by atoms with Crippen LogP contribution in [0.25, 0.3) is 0 Å². The Bertz CT molecular complexity index is 440. The number of carbonyl (C=O) groups is 1. The van der Waals surface area contributed by atoms with Crippen LogP contribution >= 0.6 is 0 Å². The summed E-state index contributed by atoms with van der Waals surface area (Å²) in [6.07, 6.45) is 7.76. The van der Waals surface area contributed by atoms with Gasteiger partial charge in [0, 0.05) is 18.7 Å². The fourth-order valence-electron chi connectivity index (χ4n) is 2.98. The summed E-state index contributed by atoms with van der Waals surface area (Å²) in [4.78, 5) is 11.0. The Hall–Kier alpha value is -1.36. The van der Waals surface area contributed by atoms with E-state index in [1.165, 1.54) is 0 Å². The molecule has 1 fully saturated rings. The van der Waals surface area contributed by atoms with Crippen LogP contribution in [0.1, 0.15) is 57.7 Å². The van der Waals surface area contributed by atoms with Crippen LogP contribution in [0.3, 0.4) is 0 Å². The van der Waals surface area contributed by atoms with Gasteiger partial charge < -0.3 is 10.4 Å². The fraction of sp³-hybridized carbons (Fsp3) is 0.733. The second kappa shape index (κ2) is 6.88. The third-order valence-corrected chi connectivity index (χ3v) is 4.22. The molecule has 0 radical (unpaired) electrons. The number of aromatic nitrogens is 2. The number of hydrogen-bond acceptors (Lipinski definition) is 3. The molecule has 5 nitrogen and oxygen atoms in total. The summed E-state index contributed by atoms with van der Waals surface area (Å²) >= 11 is 0. The average molecular weight is 279 g/mol. The highest BCUT2D eigenvalue weighted by molar-refractivity contribution is 5.73. The van der Waals surface area contributed by atoms with Gasteiger partial charge in [0.25, 0.3) is 0 Å². The lowest BCUT2D eigenvalue weighted by Gasteiger charge is -2.28. The van der Waals surface area contributed by atoms with E-state index in [4.69, 9.17) is 5.11 Å². The van der Waals surface area contributed by atoms with Gasteiger partial charge in [0.05, 0.1) is 11.7 Å². The summed E-state index contributed by atoms with van der Waals surface area (Å²) in [6.45, 7) is 4.35. The maximum Gasteiger partial charge on any atom is 0.320 e. The first kappa shape index (κ1) is 15.0. The van der Waals surface area contributed by atoms with Crippen LogP contribution in [0.4, 0.5) is 0 Å². The second-order valence-corrected chi connectivity index (χ2v) is 5.65. The van der Waals surface area contributed by atoms with E-state index >= 15 is 0 Å². The normalized spacial score (nSPS) is 23.1. The van der Waals surface area contributed by atoms with Gasteiger partial charge in [-0.2, -0.15) is 5.10 Å². The minimum absolute atomic E-state index is 0.231. The zero-order valence-electron chi connectivity index (χ0n) is 12.4. The molecule has 5 heteroatoms. The van der Waals surface area contributed by atoms with Crippen LogP contribution in [0.2, 0.25) is 0 Å². The van der Waals surface area contributed by atoms with Crippen molar-refractivity contribution in [2.75, 3.05) is 0 Å². The highest BCUT2D eigenvalue weighted by atomic mass is 16.4. The number of rotatable bonds is 6. The van der Waals surface area contributed by atoms with Crippen LogP contribution in [0.15, 0.2) is 12.3 Å². The summed E-state index contributed by atoms with van der Waals surface area (Å²) in [6, 6.07) is 2.37. The molecule has 1 aliphatic rings. The predicted octanol–water partition coefficient (Wildman–Crippen LogP) is 2.38. The smallest absolute Gasteiger partial charge is 0.320 e. The van der Waals surface area contributed by atoms with Crippen molar-refractivity contribution in [1.29, 1.82) is 0 Å². The summed E-state index contributed by atoms with van der Waals surface area (Å²) in [7, 11) is 0. The predicted molar refractivity (Wildman–Crippen MR) is 77.7 cm³/mol. The maximum absolute atomic E-state index is 11.0. The van der Waals surface area contributed by atoms with Gasteiger partial charge in [-0.15, -0.1) is 0 Å². The van der Waals surface area contributed by atoms with E-state index in [-0.39, 0.29) is 6.04 Å². The third kappa shape index (κ3) is 3.60. The number of piperidine rings is 1. The minimum atomic E-state index is -0.739. The second-order valence-electron chi connectivity index (χ2n) is 5.65. The van der Waals surface area contributed by atoms with Gasteiger partial charge in [0.15, 0.2) is 0 Å². The Labute approximate surface area is 120 Å². The number of nitrogens with one attached hydrogen (secondary N) is 1. The maximum atomic E-state index is 11.0. The highest BCUT2D eigenvalue weighted by Crippen LogP contribution is 2.18. The average Bonchev–Trinajstić information content (AvgIpc) is 2.89. The Balaban J connectivity index is 1.94. The molecule has 1 saturated heterocycles. The van der Waals surface area contributed by atoms with Crippen molar-refractivity contribution >= 4 is 5.97 Å². The molecule has 0 aromatic carbocycles. The van der Waals surface area contributed by atoms with E-state index in [1.54, 1.807) is 0 Å². The van der Waals surface area contributed by atoms with Gasteiger partial charge >= 0.3 is 5.97 Å². The molecule has 1 aliphatic heterocycles. The number of aliphatic carboxylic acids is 1. The quantitative estimate of drug-likeness (QED) is 0.839. The summed E-state index contributed by atoms with van der Waals surface area (Å²) in [5.74, 6) is -0.739. The molecule has 2 rings (SSSR count). The van der Waals surface area contributed by atoms with E-state index in [1.807, 2.05) is 10.9 Å². The third-order valence-electron chi connectivity index (χ3n) is 4.22. The topological polar surface area (TPSA) is 67.2 Å². The minimum Gasteiger partial charge on any atom is -0.480 e. The summed E-state index contributed by atoms with van der Waals surface area (Å²) in [5.41, 5.74) is 1.06. The molecule has 2 heterocycles. The largest absolute Gasteiger partial charge is 0.480 e. The highest BCUT2D eigenvalue weighted by Gasteiger charge is 2.26. The molecule has 1 aromatic heterocycles. The molecule has 0 bridgehead atoms. The van der Waals surface area contributed by atoms with Crippen LogP contribution in [0.5, 0.6) is 0 Å². The molecule has 0 saturated carbocycles. The molecule has 112 valence electrons. The molecular weight excluding hydrogens is 254 g/mol. The van der Waals surface area contributed by atoms with Gasteiger partial charge in [0.1, 0.15) is 6.04 Å². The fourth-order valence-corrected chi connectivity index (χ4v) is 2.98. The molecule has 2 atom stereocenters. The lowest BCUT2D eigenvalue weighted by atomic mass is 9.95. The lowest BCUT2D eigenvalue weighted by Crippen LogP contribution is -2.47. The van der Waals surface area contributed by atoms with Crippen LogP contribution < -0.4 is 5.32 Å². The SMILES string of the molecule is CCC(CC)n1ccc(CC2CCCC(C(=O)O)N2)n1. The number of hydrogen-bond donors (Lipinski definition) is 2. The van der Waals surface area contributed by atoms with Crippen molar-refractivity contribution in [3.05, 3.63) is 18.0 Å². The van der Waals surface area contributed by atoms with Crippen molar-refractivity contribution < 1.29 is 9.90 Å². The zero-order valence-corrected chi connectivity index (χ0v) is 12.4. The van der Waals surface area contributed by atoms with Crippen LogP contribution in [0, 0.1) is 0 Å². The van der Waals surface area contributed by atoms with Gasteiger partial charge in [0.2, 0.25) is 0 Å². The van der Waals surface area contributed by atoms with Gasteiger partial charge in [-0.05, 0) is 38.2 Å². The Morgan fingerprint density at radius 1 is 1.50 bits per heavy atom. The van der Waals surface area contributed by atoms with Crippen molar-refractivity contribution in [3.63, 3.8) is 0 Å². The molecular formula is C15H25N3O2. The van der Waals surface area contributed by atoms with E-state index in [0.717, 1.165) is 44.2 Å². The molecule has 0 amide bonds. The van der Waals surface area contributed by atoms with E-state index in [2.05, 4.69) is 30.3 Å². The van der Waals surface area contributed by atoms with Crippen LogP contribution in [-0.2, 0) is 11.2 Å².